The maximum atomic E-state index is 5.48. The van der Waals surface area contributed by atoms with E-state index in [0.717, 1.165) is 44.4 Å². The van der Waals surface area contributed by atoms with Crippen LogP contribution in [0.25, 0.3) is 0 Å². The van der Waals surface area contributed by atoms with Gasteiger partial charge in [0.2, 0.25) is 5.16 Å². The average molecular weight is 285 g/mol. The summed E-state index contributed by atoms with van der Waals surface area (Å²) in [7, 11) is 0. The second-order valence-electron chi connectivity index (χ2n) is 5.24. The molecule has 2 heterocycles. The van der Waals surface area contributed by atoms with Crippen LogP contribution >= 0.6 is 11.8 Å². The third-order valence-electron chi connectivity index (χ3n) is 2.94. The fourth-order valence-corrected chi connectivity index (χ4v) is 3.03. The predicted molar refractivity (Wildman–Crippen MR) is 75.2 cm³/mol. The minimum absolute atomic E-state index is 0.488. The highest BCUT2D eigenvalue weighted by Crippen LogP contribution is 2.26. The minimum atomic E-state index is 0.488. The van der Waals surface area contributed by atoms with Crippen LogP contribution in [-0.4, -0.2) is 51.8 Å². The Morgan fingerprint density at radius 2 is 2.42 bits per heavy atom. The molecule has 0 spiro atoms. The summed E-state index contributed by atoms with van der Waals surface area (Å²) in [5, 5.41) is 16.7. The molecule has 1 aliphatic rings. The van der Waals surface area contributed by atoms with Crippen LogP contribution < -0.4 is 5.32 Å². The van der Waals surface area contributed by atoms with E-state index in [1.165, 1.54) is 6.42 Å². The third kappa shape index (κ3) is 5.08. The van der Waals surface area contributed by atoms with Gasteiger partial charge in [0.1, 0.15) is 0 Å². The van der Waals surface area contributed by atoms with E-state index in [4.69, 9.17) is 4.74 Å². The van der Waals surface area contributed by atoms with Crippen molar-refractivity contribution < 1.29 is 4.74 Å². The lowest BCUT2D eigenvalue weighted by atomic mass is 10.2. The predicted octanol–water partition coefficient (Wildman–Crippen LogP) is 1.19. The molecule has 1 aromatic rings. The number of rotatable bonds is 7. The Bertz CT molecular complexity index is 365. The van der Waals surface area contributed by atoms with Gasteiger partial charge in [0.15, 0.2) is 0 Å². The SMILES string of the molecule is CC(C)CNCCn1nnnc1SC1CCCOC1. The molecular formula is C12H23N5OS. The molecule has 7 heteroatoms. The Balaban J connectivity index is 1.76. The standard InChI is InChI=1S/C12H23N5OS/c1-10(2)8-13-5-6-17-12(14-15-16-17)19-11-4-3-7-18-9-11/h10-11,13H,3-9H2,1-2H3. The van der Waals surface area contributed by atoms with Gasteiger partial charge >= 0.3 is 0 Å². The van der Waals surface area contributed by atoms with Gasteiger partial charge in [-0.05, 0) is 35.7 Å². The van der Waals surface area contributed by atoms with E-state index >= 15 is 0 Å². The summed E-state index contributed by atoms with van der Waals surface area (Å²) < 4.78 is 7.37. The van der Waals surface area contributed by atoms with Crippen LogP contribution in [0.3, 0.4) is 0 Å². The minimum Gasteiger partial charge on any atom is -0.380 e. The van der Waals surface area contributed by atoms with Crippen LogP contribution in [0.1, 0.15) is 26.7 Å². The fourth-order valence-electron chi connectivity index (χ4n) is 1.95. The van der Waals surface area contributed by atoms with Crippen molar-refractivity contribution in [3.05, 3.63) is 0 Å². The quantitative estimate of drug-likeness (QED) is 0.759. The van der Waals surface area contributed by atoms with Gasteiger partial charge < -0.3 is 10.1 Å². The Kier molecular flexibility index (Phi) is 6.06. The molecular weight excluding hydrogens is 262 g/mol. The first kappa shape index (κ1) is 14.7. The molecule has 1 saturated heterocycles. The van der Waals surface area contributed by atoms with E-state index in [9.17, 15) is 0 Å². The Hall–Kier alpha value is -0.660. The number of aromatic nitrogens is 4. The highest BCUT2D eigenvalue weighted by atomic mass is 32.2. The molecule has 0 saturated carbocycles. The molecule has 1 N–H and O–H groups in total. The number of nitrogens with zero attached hydrogens (tertiary/aromatic N) is 4. The Morgan fingerprint density at radius 3 is 3.16 bits per heavy atom. The molecule has 1 fully saturated rings. The first-order valence-electron chi connectivity index (χ1n) is 6.97. The van der Waals surface area contributed by atoms with E-state index in [1.807, 2.05) is 4.68 Å². The van der Waals surface area contributed by atoms with Crippen molar-refractivity contribution in [2.45, 2.75) is 43.6 Å². The van der Waals surface area contributed by atoms with E-state index < -0.39 is 0 Å². The first-order chi connectivity index (χ1) is 9.25. The van der Waals surface area contributed by atoms with E-state index in [-0.39, 0.29) is 0 Å². The lowest BCUT2D eigenvalue weighted by molar-refractivity contribution is 0.101. The van der Waals surface area contributed by atoms with Crippen molar-refractivity contribution in [1.82, 2.24) is 25.5 Å². The van der Waals surface area contributed by atoms with Gasteiger partial charge in [-0.1, -0.05) is 25.6 Å². The van der Waals surface area contributed by atoms with Crippen molar-refractivity contribution in [2.75, 3.05) is 26.3 Å². The van der Waals surface area contributed by atoms with Crippen LogP contribution in [0.2, 0.25) is 0 Å². The number of nitrogens with one attached hydrogen (secondary N) is 1. The molecule has 0 aromatic carbocycles. The second kappa shape index (κ2) is 7.81. The molecule has 6 nitrogen and oxygen atoms in total. The molecule has 108 valence electrons. The van der Waals surface area contributed by atoms with Crippen LogP contribution in [0, 0.1) is 5.92 Å². The van der Waals surface area contributed by atoms with Gasteiger partial charge in [0.05, 0.1) is 13.2 Å². The first-order valence-corrected chi connectivity index (χ1v) is 7.85. The summed E-state index contributed by atoms with van der Waals surface area (Å²) in [4.78, 5) is 0. The normalized spacial score (nSPS) is 20.1. The van der Waals surface area contributed by atoms with Crippen LogP contribution in [-0.2, 0) is 11.3 Å². The zero-order valence-corrected chi connectivity index (χ0v) is 12.5. The van der Waals surface area contributed by atoms with Crippen molar-refractivity contribution >= 4 is 11.8 Å². The number of thioether (sulfide) groups is 1. The van der Waals surface area contributed by atoms with Gasteiger partial charge in [-0.2, -0.15) is 0 Å². The average Bonchev–Trinajstić information content (AvgIpc) is 2.83. The van der Waals surface area contributed by atoms with E-state index in [2.05, 4.69) is 34.7 Å². The number of tetrazole rings is 1. The smallest absolute Gasteiger partial charge is 0.209 e. The largest absolute Gasteiger partial charge is 0.380 e. The highest BCUT2D eigenvalue weighted by molar-refractivity contribution is 7.99. The van der Waals surface area contributed by atoms with Gasteiger partial charge in [0.25, 0.3) is 0 Å². The molecule has 0 amide bonds. The number of hydrogen-bond donors (Lipinski definition) is 1. The highest BCUT2D eigenvalue weighted by Gasteiger charge is 2.18. The second-order valence-corrected chi connectivity index (χ2v) is 6.51. The van der Waals surface area contributed by atoms with Crippen LogP contribution in [0.4, 0.5) is 0 Å². The van der Waals surface area contributed by atoms with Gasteiger partial charge in [0, 0.05) is 18.4 Å². The molecule has 19 heavy (non-hydrogen) atoms. The van der Waals surface area contributed by atoms with Crippen LogP contribution in [0.15, 0.2) is 5.16 Å². The van der Waals surface area contributed by atoms with Crippen LogP contribution in [0.5, 0.6) is 0 Å². The van der Waals surface area contributed by atoms with E-state index in [1.54, 1.807) is 11.8 Å². The molecule has 1 atom stereocenters. The van der Waals surface area contributed by atoms with Gasteiger partial charge in [-0.3, -0.25) is 0 Å². The molecule has 1 aliphatic heterocycles. The number of hydrogen-bond acceptors (Lipinski definition) is 6. The molecule has 1 unspecified atom stereocenters. The Labute approximate surface area is 118 Å². The molecule has 2 rings (SSSR count). The molecule has 0 aliphatic carbocycles. The summed E-state index contributed by atoms with van der Waals surface area (Å²) in [6, 6.07) is 0. The van der Waals surface area contributed by atoms with Gasteiger partial charge in [-0.25, -0.2) is 4.68 Å². The monoisotopic (exact) mass is 285 g/mol. The van der Waals surface area contributed by atoms with E-state index in [0.29, 0.717) is 11.2 Å². The van der Waals surface area contributed by atoms with Crippen molar-refractivity contribution in [1.29, 1.82) is 0 Å². The zero-order chi connectivity index (χ0) is 13.5. The van der Waals surface area contributed by atoms with Gasteiger partial charge in [-0.15, -0.1) is 5.10 Å². The topological polar surface area (TPSA) is 64.9 Å². The maximum absolute atomic E-state index is 5.48. The van der Waals surface area contributed by atoms with Crippen molar-refractivity contribution in [3.8, 4) is 0 Å². The summed E-state index contributed by atoms with van der Waals surface area (Å²) >= 11 is 1.74. The summed E-state index contributed by atoms with van der Waals surface area (Å²) in [5.74, 6) is 0.669. The summed E-state index contributed by atoms with van der Waals surface area (Å²) in [6.45, 7) is 8.85. The molecule has 0 bridgehead atoms. The zero-order valence-electron chi connectivity index (χ0n) is 11.7. The maximum Gasteiger partial charge on any atom is 0.209 e. The molecule has 0 radical (unpaired) electrons. The lowest BCUT2D eigenvalue weighted by Crippen LogP contribution is -2.25. The third-order valence-corrected chi connectivity index (χ3v) is 4.15. The number of ether oxygens (including phenoxy) is 1. The lowest BCUT2D eigenvalue weighted by Gasteiger charge is -2.20. The van der Waals surface area contributed by atoms with Crippen molar-refractivity contribution in [3.63, 3.8) is 0 Å². The summed E-state index contributed by atoms with van der Waals surface area (Å²) in [5.41, 5.74) is 0. The van der Waals surface area contributed by atoms with Crippen molar-refractivity contribution in [2.24, 2.45) is 5.92 Å². The fraction of sp³-hybridized carbons (Fsp3) is 0.917. The summed E-state index contributed by atoms with van der Waals surface area (Å²) in [6.07, 6.45) is 2.32. The Morgan fingerprint density at radius 1 is 1.53 bits per heavy atom. The molecule has 1 aromatic heterocycles.